The first kappa shape index (κ1) is 19.2. The largest absolute Gasteiger partial charge is 0.383 e. The van der Waals surface area contributed by atoms with Crippen molar-refractivity contribution in [2.45, 2.75) is 51.1 Å². The lowest BCUT2D eigenvalue weighted by Gasteiger charge is -2.36. The molecule has 0 spiro atoms. The Kier molecular flexibility index (Phi) is 5.49. The van der Waals surface area contributed by atoms with Crippen molar-refractivity contribution >= 4 is 16.6 Å². The molecule has 1 N–H and O–H groups in total. The normalized spacial score (nSPS) is 19.1. The summed E-state index contributed by atoms with van der Waals surface area (Å²) in [6, 6.07) is 12.6. The summed E-state index contributed by atoms with van der Waals surface area (Å²) in [5, 5.41) is 9.47. The van der Waals surface area contributed by atoms with Crippen LogP contribution >= 0.6 is 0 Å². The topological polar surface area (TPSA) is 63.1 Å². The van der Waals surface area contributed by atoms with Gasteiger partial charge in [-0.3, -0.25) is 14.7 Å². The van der Waals surface area contributed by atoms with Gasteiger partial charge in [0.25, 0.3) is 5.56 Å². The van der Waals surface area contributed by atoms with Gasteiger partial charge in [0.2, 0.25) is 0 Å². The Labute approximate surface area is 176 Å². The molecule has 3 aromatic rings. The predicted molar refractivity (Wildman–Crippen MR) is 120 cm³/mol. The molecule has 1 unspecified atom stereocenters. The molecular formula is C24H29N5O. The van der Waals surface area contributed by atoms with Gasteiger partial charge in [-0.05, 0) is 56.3 Å². The van der Waals surface area contributed by atoms with Gasteiger partial charge in [0.05, 0.1) is 17.8 Å². The zero-order chi connectivity index (χ0) is 20.3. The molecule has 6 heteroatoms. The molecule has 156 valence electrons. The SMILES string of the molecule is O=c1cc2c(nn1CCN1CCCCC1CNc1ccnc3ccccc13)CCC2. The molecule has 1 saturated heterocycles. The summed E-state index contributed by atoms with van der Waals surface area (Å²) in [6.45, 7) is 3.53. The summed E-state index contributed by atoms with van der Waals surface area (Å²) < 4.78 is 1.68. The van der Waals surface area contributed by atoms with Gasteiger partial charge in [-0.1, -0.05) is 24.6 Å². The average molecular weight is 404 g/mol. The number of piperidine rings is 1. The molecule has 1 aromatic carbocycles. The summed E-state index contributed by atoms with van der Waals surface area (Å²) in [5.41, 5.74) is 4.48. The smallest absolute Gasteiger partial charge is 0.267 e. The van der Waals surface area contributed by atoms with Crippen molar-refractivity contribution in [3.8, 4) is 0 Å². The van der Waals surface area contributed by atoms with Crippen LogP contribution in [-0.2, 0) is 19.4 Å². The van der Waals surface area contributed by atoms with E-state index < -0.39 is 0 Å². The summed E-state index contributed by atoms with van der Waals surface area (Å²) in [6.07, 6.45) is 8.67. The Morgan fingerprint density at radius 2 is 2.00 bits per heavy atom. The lowest BCUT2D eigenvalue weighted by molar-refractivity contribution is 0.148. The molecule has 3 heterocycles. The van der Waals surface area contributed by atoms with E-state index in [9.17, 15) is 4.79 Å². The molecule has 2 aliphatic rings. The number of aryl methyl sites for hydroxylation is 2. The van der Waals surface area contributed by atoms with Crippen LogP contribution in [0.25, 0.3) is 10.9 Å². The molecule has 0 bridgehead atoms. The standard InChI is InChI=1S/C24H29N5O/c30-24-16-18-6-5-10-21(18)27-29(24)15-14-28-13-4-3-7-19(28)17-26-23-11-12-25-22-9-2-1-8-20(22)23/h1-2,8-9,11-12,16,19H,3-7,10,13-15,17H2,(H,25,26). The maximum Gasteiger partial charge on any atom is 0.267 e. The van der Waals surface area contributed by atoms with Crippen LogP contribution in [-0.4, -0.2) is 45.3 Å². The Morgan fingerprint density at radius 1 is 1.07 bits per heavy atom. The number of hydrogen-bond donors (Lipinski definition) is 1. The number of hydrogen-bond acceptors (Lipinski definition) is 5. The van der Waals surface area contributed by atoms with Crippen molar-refractivity contribution in [2.24, 2.45) is 0 Å². The highest BCUT2D eigenvalue weighted by molar-refractivity contribution is 5.90. The fourth-order valence-electron chi connectivity index (χ4n) is 4.89. The Bertz CT molecular complexity index is 1090. The Balaban J connectivity index is 1.25. The van der Waals surface area contributed by atoms with Crippen LogP contribution in [0.2, 0.25) is 0 Å². The Morgan fingerprint density at radius 3 is 2.97 bits per heavy atom. The van der Waals surface area contributed by atoms with Crippen molar-refractivity contribution in [2.75, 3.05) is 25.0 Å². The zero-order valence-corrected chi connectivity index (χ0v) is 17.4. The summed E-state index contributed by atoms with van der Waals surface area (Å²) in [5.74, 6) is 0. The zero-order valence-electron chi connectivity index (χ0n) is 17.4. The van der Waals surface area contributed by atoms with Crippen LogP contribution in [0.15, 0.2) is 47.4 Å². The molecule has 6 nitrogen and oxygen atoms in total. The number of nitrogens with one attached hydrogen (secondary N) is 1. The average Bonchev–Trinajstić information content (AvgIpc) is 3.23. The highest BCUT2D eigenvalue weighted by Gasteiger charge is 2.23. The number of anilines is 1. The molecule has 1 aliphatic heterocycles. The fraction of sp³-hybridized carbons (Fsp3) is 0.458. The first-order chi connectivity index (χ1) is 14.8. The second kappa shape index (κ2) is 8.56. The molecule has 0 saturated carbocycles. The predicted octanol–water partition coefficient (Wildman–Crippen LogP) is 3.25. The monoisotopic (exact) mass is 403 g/mol. The van der Waals surface area contributed by atoms with Crippen LogP contribution in [0.1, 0.15) is 36.9 Å². The van der Waals surface area contributed by atoms with Crippen LogP contribution < -0.4 is 10.9 Å². The lowest BCUT2D eigenvalue weighted by atomic mass is 10.0. The van der Waals surface area contributed by atoms with E-state index >= 15 is 0 Å². The van der Waals surface area contributed by atoms with Gasteiger partial charge in [0.15, 0.2) is 0 Å². The second-order valence-electron chi connectivity index (χ2n) is 8.47. The number of rotatable bonds is 6. The molecule has 0 amide bonds. The van der Waals surface area contributed by atoms with E-state index in [1.807, 2.05) is 12.3 Å². The van der Waals surface area contributed by atoms with Gasteiger partial charge in [-0.15, -0.1) is 0 Å². The number of pyridine rings is 1. The number of likely N-dealkylation sites (tertiary alicyclic amines) is 1. The van der Waals surface area contributed by atoms with Crippen molar-refractivity contribution in [1.82, 2.24) is 19.7 Å². The van der Waals surface area contributed by atoms with Gasteiger partial charge in [0, 0.05) is 42.5 Å². The third-order valence-corrected chi connectivity index (χ3v) is 6.55. The number of aromatic nitrogens is 3. The minimum atomic E-state index is 0.0468. The van der Waals surface area contributed by atoms with E-state index in [1.165, 1.54) is 19.3 Å². The van der Waals surface area contributed by atoms with Gasteiger partial charge in [0.1, 0.15) is 0 Å². The summed E-state index contributed by atoms with van der Waals surface area (Å²) in [4.78, 5) is 19.4. The maximum absolute atomic E-state index is 12.4. The van der Waals surface area contributed by atoms with Crippen LogP contribution in [0.5, 0.6) is 0 Å². The maximum atomic E-state index is 12.4. The van der Waals surface area contributed by atoms with Crippen molar-refractivity contribution in [3.63, 3.8) is 0 Å². The number of benzene rings is 1. The van der Waals surface area contributed by atoms with Gasteiger partial charge >= 0.3 is 0 Å². The second-order valence-corrected chi connectivity index (χ2v) is 8.47. The highest BCUT2D eigenvalue weighted by Crippen LogP contribution is 2.23. The van der Waals surface area contributed by atoms with Crippen LogP contribution in [0.4, 0.5) is 5.69 Å². The third-order valence-electron chi connectivity index (χ3n) is 6.55. The quantitative estimate of drug-likeness (QED) is 0.685. The highest BCUT2D eigenvalue weighted by atomic mass is 16.1. The summed E-state index contributed by atoms with van der Waals surface area (Å²) in [7, 11) is 0. The Hall–Kier alpha value is -2.73. The van der Waals surface area contributed by atoms with E-state index in [2.05, 4.69) is 44.6 Å². The van der Waals surface area contributed by atoms with Crippen molar-refractivity contribution < 1.29 is 0 Å². The first-order valence-corrected chi connectivity index (χ1v) is 11.2. The van der Waals surface area contributed by atoms with E-state index in [0.29, 0.717) is 12.6 Å². The van der Waals surface area contributed by atoms with Crippen molar-refractivity contribution in [1.29, 1.82) is 0 Å². The molecule has 30 heavy (non-hydrogen) atoms. The lowest BCUT2D eigenvalue weighted by Crippen LogP contribution is -2.45. The third kappa shape index (κ3) is 3.97. The fourth-order valence-corrected chi connectivity index (χ4v) is 4.89. The van der Waals surface area contributed by atoms with Crippen LogP contribution in [0.3, 0.4) is 0 Å². The minimum Gasteiger partial charge on any atom is -0.383 e. The first-order valence-electron chi connectivity index (χ1n) is 11.2. The number of para-hydroxylation sites is 1. The van der Waals surface area contributed by atoms with E-state index in [4.69, 9.17) is 0 Å². The van der Waals surface area contributed by atoms with E-state index in [-0.39, 0.29) is 5.56 Å². The summed E-state index contributed by atoms with van der Waals surface area (Å²) >= 11 is 0. The van der Waals surface area contributed by atoms with Gasteiger partial charge < -0.3 is 5.32 Å². The molecule has 2 aromatic heterocycles. The molecule has 1 atom stereocenters. The van der Waals surface area contributed by atoms with E-state index in [1.54, 1.807) is 10.7 Å². The number of fused-ring (bicyclic) bond motifs is 2. The van der Waals surface area contributed by atoms with Crippen molar-refractivity contribution in [3.05, 3.63) is 64.2 Å². The molecular weight excluding hydrogens is 374 g/mol. The molecule has 0 radical (unpaired) electrons. The molecule has 1 fully saturated rings. The van der Waals surface area contributed by atoms with Crippen LogP contribution in [0, 0.1) is 0 Å². The minimum absolute atomic E-state index is 0.0468. The van der Waals surface area contributed by atoms with Gasteiger partial charge in [-0.25, -0.2) is 4.68 Å². The van der Waals surface area contributed by atoms with E-state index in [0.717, 1.165) is 66.7 Å². The molecule has 1 aliphatic carbocycles. The molecule has 5 rings (SSSR count). The number of nitrogens with zero attached hydrogens (tertiary/aromatic N) is 4. The van der Waals surface area contributed by atoms with Gasteiger partial charge in [-0.2, -0.15) is 5.10 Å².